The number of benzene rings is 1. The largest absolute Gasteiger partial charge is 0.393 e. The van der Waals surface area contributed by atoms with Crippen LogP contribution in [0.2, 0.25) is 5.02 Å². The lowest BCUT2D eigenvalue weighted by molar-refractivity contribution is -0.383. The van der Waals surface area contributed by atoms with Gasteiger partial charge in [-0.25, -0.2) is 0 Å². The van der Waals surface area contributed by atoms with E-state index in [-0.39, 0.29) is 35.8 Å². The highest BCUT2D eigenvalue weighted by atomic mass is 35.5. The van der Waals surface area contributed by atoms with Gasteiger partial charge in [-0.15, -0.1) is 0 Å². The molecule has 0 radical (unpaired) electrons. The van der Waals surface area contributed by atoms with Crippen LogP contribution in [0, 0.1) is 16.0 Å². The molecule has 1 unspecified atom stereocenters. The van der Waals surface area contributed by atoms with E-state index < -0.39 is 4.92 Å². The van der Waals surface area contributed by atoms with Crippen LogP contribution >= 0.6 is 11.6 Å². The number of amides is 1. The van der Waals surface area contributed by atoms with Gasteiger partial charge in [-0.2, -0.15) is 0 Å². The zero-order valence-electron chi connectivity index (χ0n) is 12.9. The normalized spacial score (nSPS) is 17.7. The second-order valence-electron chi connectivity index (χ2n) is 5.82. The summed E-state index contributed by atoms with van der Waals surface area (Å²) >= 11 is 5.83. The smallest absolute Gasteiger partial charge is 0.292 e. The molecule has 1 amide bonds. The van der Waals surface area contributed by atoms with Crippen LogP contribution in [-0.4, -0.2) is 46.6 Å². The van der Waals surface area contributed by atoms with E-state index in [2.05, 4.69) is 5.32 Å². The van der Waals surface area contributed by atoms with E-state index in [1.807, 2.05) is 4.90 Å². The van der Waals surface area contributed by atoms with E-state index in [1.165, 1.54) is 18.2 Å². The number of likely N-dealkylation sites (tertiary alicyclic amines) is 1. The van der Waals surface area contributed by atoms with Crippen molar-refractivity contribution in [3.8, 4) is 0 Å². The Kier molecular flexibility index (Phi) is 5.92. The van der Waals surface area contributed by atoms with Crippen molar-refractivity contribution in [3.63, 3.8) is 0 Å². The fourth-order valence-corrected chi connectivity index (χ4v) is 2.93. The van der Waals surface area contributed by atoms with Crippen molar-refractivity contribution in [2.24, 2.45) is 5.92 Å². The number of rotatable bonds is 5. The number of aliphatic hydroxyl groups is 1. The summed E-state index contributed by atoms with van der Waals surface area (Å²) in [5, 5.41) is 23.4. The summed E-state index contributed by atoms with van der Waals surface area (Å²) in [6.45, 7) is 3.39. The summed E-state index contributed by atoms with van der Waals surface area (Å²) in [5.74, 6) is -0.0470. The summed E-state index contributed by atoms with van der Waals surface area (Å²) in [5.41, 5.74) is -0.0815. The predicted molar refractivity (Wildman–Crippen MR) is 87.6 cm³/mol. The van der Waals surface area contributed by atoms with Crippen LogP contribution in [0.15, 0.2) is 18.2 Å². The highest BCUT2D eigenvalue weighted by Crippen LogP contribution is 2.27. The molecule has 1 aromatic rings. The molecule has 7 nitrogen and oxygen atoms in total. The first-order valence-electron chi connectivity index (χ1n) is 7.51. The number of hydrogen-bond acceptors (Lipinski definition) is 5. The molecule has 0 bridgehead atoms. The third-order valence-electron chi connectivity index (χ3n) is 4.11. The number of carbonyl (C=O) groups is 1. The van der Waals surface area contributed by atoms with Crippen molar-refractivity contribution in [1.29, 1.82) is 0 Å². The quantitative estimate of drug-likeness (QED) is 0.632. The number of aliphatic hydroxyl groups excluding tert-OH is 1. The second kappa shape index (κ2) is 7.72. The number of piperidine rings is 1. The summed E-state index contributed by atoms with van der Waals surface area (Å²) in [6, 6.07) is 4.06. The first kappa shape index (κ1) is 17.7. The molecule has 1 atom stereocenters. The molecule has 1 fully saturated rings. The second-order valence-corrected chi connectivity index (χ2v) is 6.26. The molecule has 0 spiro atoms. The van der Waals surface area contributed by atoms with Gasteiger partial charge in [0.15, 0.2) is 0 Å². The van der Waals surface area contributed by atoms with E-state index in [0.29, 0.717) is 5.02 Å². The molecule has 2 rings (SSSR count). The Morgan fingerprint density at radius 2 is 2.17 bits per heavy atom. The SMILES string of the molecule is CC(O)C1CCN(CC(=O)Nc2cc(Cl)ccc2[N+](=O)[O-])CC1. The van der Waals surface area contributed by atoms with Crippen LogP contribution in [0.5, 0.6) is 0 Å². The molecule has 2 N–H and O–H groups in total. The van der Waals surface area contributed by atoms with Crippen molar-refractivity contribution in [3.05, 3.63) is 33.3 Å². The average molecular weight is 342 g/mol. The zero-order chi connectivity index (χ0) is 17.0. The van der Waals surface area contributed by atoms with Crippen molar-refractivity contribution < 1.29 is 14.8 Å². The first-order valence-corrected chi connectivity index (χ1v) is 7.89. The van der Waals surface area contributed by atoms with Gasteiger partial charge in [-0.05, 0) is 50.9 Å². The van der Waals surface area contributed by atoms with E-state index in [4.69, 9.17) is 11.6 Å². The minimum atomic E-state index is -0.555. The maximum atomic E-state index is 12.1. The van der Waals surface area contributed by atoms with Crippen molar-refractivity contribution in [2.45, 2.75) is 25.9 Å². The number of carbonyl (C=O) groups excluding carboxylic acids is 1. The van der Waals surface area contributed by atoms with Gasteiger partial charge in [-0.1, -0.05) is 11.6 Å². The molecular weight excluding hydrogens is 322 g/mol. The van der Waals surface area contributed by atoms with E-state index in [9.17, 15) is 20.0 Å². The minimum absolute atomic E-state index is 0.103. The fourth-order valence-electron chi connectivity index (χ4n) is 2.75. The maximum Gasteiger partial charge on any atom is 0.292 e. The van der Waals surface area contributed by atoms with Crippen molar-refractivity contribution in [2.75, 3.05) is 25.0 Å². The third kappa shape index (κ3) is 4.89. The van der Waals surface area contributed by atoms with Gasteiger partial charge in [0.1, 0.15) is 5.69 Å². The van der Waals surface area contributed by atoms with Crippen molar-refractivity contribution in [1.82, 2.24) is 4.90 Å². The van der Waals surface area contributed by atoms with Crippen molar-refractivity contribution >= 4 is 28.9 Å². The number of nitro groups is 1. The molecule has 8 heteroatoms. The molecular formula is C15H20ClN3O4. The molecule has 23 heavy (non-hydrogen) atoms. The summed E-state index contributed by atoms with van der Waals surface area (Å²) in [6.07, 6.45) is 1.34. The van der Waals surface area contributed by atoms with Crippen LogP contribution < -0.4 is 5.32 Å². The van der Waals surface area contributed by atoms with Gasteiger partial charge >= 0.3 is 0 Å². The molecule has 0 saturated carbocycles. The highest BCUT2D eigenvalue weighted by Gasteiger charge is 2.24. The maximum absolute atomic E-state index is 12.1. The predicted octanol–water partition coefficient (Wildman–Crippen LogP) is 2.28. The molecule has 0 aliphatic carbocycles. The topological polar surface area (TPSA) is 95.7 Å². The van der Waals surface area contributed by atoms with Gasteiger partial charge in [0, 0.05) is 11.1 Å². The van der Waals surface area contributed by atoms with Crippen LogP contribution in [0.3, 0.4) is 0 Å². The van der Waals surface area contributed by atoms with E-state index in [0.717, 1.165) is 25.9 Å². The Morgan fingerprint density at radius 1 is 1.52 bits per heavy atom. The van der Waals surface area contributed by atoms with Gasteiger partial charge in [0.05, 0.1) is 17.6 Å². The number of nitrogens with one attached hydrogen (secondary N) is 1. The molecule has 1 saturated heterocycles. The monoisotopic (exact) mass is 341 g/mol. The lowest BCUT2D eigenvalue weighted by atomic mass is 9.92. The van der Waals surface area contributed by atoms with Gasteiger partial charge in [-0.3, -0.25) is 19.8 Å². The number of hydrogen-bond donors (Lipinski definition) is 2. The first-order chi connectivity index (χ1) is 10.9. The molecule has 1 aliphatic rings. The molecule has 1 aromatic carbocycles. The van der Waals surface area contributed by atoms with Crippen LogP contribution in [0.25, 0.3) is 0 Å². The van der Waals surface area contributed by atoms with Crippen LogP contribution in [0.4, 0.5) is 11.4 Å². The van der Waals surface area contributed by atoms with Crippen LogP contribution in [-0.2, 0) is 4.79 Å². The number of nitrogens with zero attached hydrogens (tertiary/aromatic N) is 2. The highest BCUT2D eigenvalue weighted by molar-refractivity contribution is 6.31. The fraction of sp³-hybridized carbons (Fsp3) is 0.533. The average Bonchev–Trinajstić information content (AvgIpc) is 2.47. The Hall–Kier alpha value is -1.70. The third-order valence-corrected chi connectivity index (χ3v) is 4.35. The lowest BCUT2D eigenvalue weighted by Gasteiger charge is -2.32. The van der Waals surface area contributed by atoms with E-state index in [1.54, 1.807) is 6.92 Å². The van der Waals surface area contributed by atoms with E-state index >= 15 is 0 Å². The summed E-state index contributed by atoms with van der Waals surface area (Å²) in [7, 11) is 0. The number of anilines is 1. The minimum Gasteiger partial charge on any atom is -0.393 e. The van der Waals surface area contributed by atoms with Gasteiger partial charge in [0.25, 0.3) is 5.69 Å². The summed E-state index contributed by atoms with van der Waals surface area (Å²) in [4.78, 5) is 24.5. The zero-order valence-corrected chi connectivity index (χ0v) is 13.6. The lowest BCUT2D eigenvalue weighted by Crippen LogP contribution is -2.41. The van der Waals surface area contributed by atoms with Crippen LogP contribution in [0.1, 0.15) is 19.8 Å². The number of nitro benzene ring substituents is 1. The van der Waals surface area contributed by atoms with Gasteiger partial charge in [0.2, 0.25) is 5.91 Å². The molecule has 1 heterocycles. The number of halogens is 1. The Balaban J connectivity index is 1.93. The van der Waals surface area contributed by atoms with Gasteiger partial charge < -0.3 is 10.4 Å². The standard InChI is InChI=1S/C15H20ClN3O4/c1-10(20)11-4-6-18(7-5-11)9-15(21)17-13-8-12(16)2-3-14(13)19(22)23/h2-3,8,10-11,20H,4-7,9H2,1H3,(H,17,21). The summed E-state index contributed by atoms with van der Waals surface area (Å²) < 4.78 is 0. The molecule has 1 aliphatic heterocycles. The Morgan fingerprint density at radius 3 is 2.74 bits per heavy atom. The Bertz CT molecular complexity index is 586. The molecule has 0 aromatic heterocycles. The molecule has 126 valence electrons. The Labute approximate surface area is 139 Å².